The second-order valence-corrected chi connectivity index (χ2v) is 8.94. The summed E-state index contributed by atoms with van der Waals surface area (Å²) >= 11 is 0. The van der Waals surface area contributed by atoms with Crippen LogP contribution in [-0.2, 0) is 20.9 Å². The third kappa shape index (κ3) is 8.82. The Balaban J connectivity index is 1.70. The molecule has 0 radical (unpaired) electrons. The predicted molar refractivity (Wildman–Crippen MR) is 147 cm³/mol. The van der Waals surface area contributed by atoms with E-state index in [1.807, 2.05) is 58.3 Å². The van der Waals surface area contributed by atoms with E-state index >= 15 is 0 Å². The third-order valence-corrected chi connectivity index (χ3v) is 6.24. The molecule has 1 aliphatic heterocycles. The van der Waals surface area contributed by atoms with Gasteiger partial charge in [-0.15, -0.1) is 0 Å². The molecular weight excluding hydrogens is 468 g/mol. The molecule has 2 aromatic carbocycles. The van der Waals surface area contributed by atoms with Crippen molar-refractivity contribution >= 4 is 35.6 Å². The maximum Gasteiger partial charge on any atom is 0.228 e. The summed E-state index contributed by atoms with van der Waals surface area (Å²) in [6.07, 6.45) is 4.92. The fourth-order valence-electron chi connectivity index (χ4n) is 4.22. The van der Waals surface area contributed by atoms with Gasteiger partial charge >= 0.3 is 0 Å². The van der Waals surface area contributed by atoms with E-state index in [9.17, 15) is 14.4 Å². The molecule has 9 heteroatoms. The van der Waals surface area contributed by atoms with Crippen LogP contribution in [0.25, 0.3) is 12.2 Å². The first kappa shape index (κ1) is 28.0. The monoisotopic (exact) mass is 506 g/mol. The molecule has 37 heavy (non-hydrogen) atoms. The summed E-state index contributed by atoms with van der Waals surface area (Å²) in [5, 5.41) is 5.53. The lowest BCUT2D eigenvalue weighted by atomic mass is 10.0. The Bertz CT molecular complexity index is 1060. The number of carbonyl (C=O) groups excluding carboxylic acids is 3. The molecule has 0 saturated carbocycles. The maximum absolute atomic E-state index is 13.6. The number of benzene rings is 2. The van der Waals surface area contributed by atoms with Gasteiger partial charge in [-0.2, -0.15) is 0 Å². The van der Waals surface area contributed by atoms with Gasteiger partial charge in [-0.05, 0) is 22.8 Å². The second kappa shape index (κ2) is 14.9. The molecule has 0 unspecified atom stereocenters. The molecule has 0 aromatic heterocycles. The van der Waals surface area contributed by atoms with Crippen molar-refractivity contribution in [2.45, 2.75) is 25.8 Å². The molecule has 1 aliphatic rings. The molecule has 3 rings (SSSR count). The van der Waals surface area contributed by atoms with E-state index < -0.39 is 0 Å². The van der Waals surface area contributed by atoms with Crippen molar-refractivity contribution in [1.82, 2.24) is 15.5 Å². The van der Waals surface area contributed by atoms with Crippen LogP contribution in [0.15, 0.2) is 48.5 Å². The second-order valence-electron chi connectivity index (χ2n) is 8.94. The number of fused-ring (bicyclic) bond motifs is 2. The van der Waals surface area contributed by atoms with Crippen LogP contribution in [0.5, 0.6) is 0 Å². The molecule has 198 valence electrons. The molecule has 0 spiro atoms. The number of rotatable bonds is 13. The highest BCUT2D eigenvalue weighted by atomic mass is 16.2. The van der Waals surface area contributed by atoms with Crippen molar-refractivity contribution in [3.05, 3.63) is 65.2 Å². The van der Waals surface area contributed by atoms with Crippen LogP contribution in [0.1, 0.15) is 36.0 Å². The van der Waals surface area contributed by atoms with Gasteiger partial charge in [0, 0.05) is 65.1 Å². The molecule has 0 aliphatic carbocycles. The molecule has 9 nitrogen and oxygen atoms in total. The lowest BCUT2D eigenvalue weighted by Crippen LogP contribution is -2.39. The average Bonchev–Trinajstić information content (AvgIpc) is 2.91. The number of anilines is 1. The highest BCUT2D eigenvalue weighted by molar-refractivity contribution is 5.97. The topological polar surface area (TPSA) is 134 Å². The van der Waals surface area contributed by atoms with Gasteiger partial charge in [-0.3, -0.25) is 14.4 Å². The van der Waals surface area contributed by atoms with Gasteiger partial charge in [0.05, 0.1) is 12.2 Å². The molecule has 0 fully saturated rings. The van der Waals surface area contributed by atoms with Gasteiger partial charge in [0.15, 0.2) is 0 Å². The molecule has 2 aromatic rings. The van der Waals surface area contributed by atoms with Gasteiger partial charge in [0.1, 0.15) is 0 Å². The first-order valence-corrected chi connectivity index (χ1v) is 12.8. The Hall–Kier alpha value is -3.53. The lowest BCUT2D eigenvalue weighted by molar-refractivity contribution is -0.121. The van der Waals surface area contributed by atoms with Crippen molar-refractivity contribution in [3.63, 3.8) is 0 Å². The average molecular weight is 507 g/mol. The number of amides is 3. The van der Waals surface area contributed by atoms with Crippen LogP contribution < -0.4 is 27.0 Å². The predicted octanol–water partition coefficient (Wildman–Crippen LogP) is 1.33. The number of hydrogen-bond acceptors (Lipinski definition) is 6. The fraction of sp³-hybridized carbons (Fsp3) is 0.393. The van der Waals surface area contributed by atoms with E-state index in [0.29, 0.717) is 52.4 Å². The highest BCUT2D eigenvalue weighted by Crippen LogP contribution is 2.29. The van der Waals surface area contributed by atoms with Crippen LogP contribution in [-0.4, -0.2) is 68.4 Å². The summed E-state index contributed by atoms with van der Waals surface area (Å²) in [5.74, 6) is -0.214. The summed E-state index contributed by atoms with van der Waals surface area (Å²) in [6, 6.07) is 15.9. The summed E-state index contributed by atoms with van der Waals surface area (Å²) in [5.41, 5.74) is 14.9. The van der Waals surface area contributed by atoms with E-state index in [1.165, 1.54) is 0 Å². The van der Waals surface area contributed by atoms with Crippen LogP contribution in [0.4, 0.5) is 5.69 Å². The number of carbonyl (C=O) groups is 3. The molecule has 1 heterocycles. The number of hydrogen-bond donors (Lipinski definition) is 4. The fourth-order valence-corrected chi connectivity index (χ4v) is 4.22. The Morgan fingerprint density at radius 1 is 0.757 bits per heavy atom. The smallest absolute Gasteiger partial charge is 0.228 e. The zero-order valence-electron chi connectivity index (χ0n) is 21.3. The summed E-state index contributed by atoms with van der Waals surface area (Å²) in [4.78, 5) is 41.7. The van der Waals surface area contributed by atoms with Gasteiger partial charge < -0.3 is 31.9 Å². The normalized spacial score (nSPS) is 13.2. The SMILES string of the molecule is NCCNC(=O)CCN(CCC(=O)NCCN)CCC(=O)N1Cc2ccccc2/C=C\c2ccccc21. The summed E-state index contributed by atoms with van der Waals surface area (Å²) < 4.78 is 0. The largest absolute Gasteiger partial charge is 0.355 e. The van der Waals surface area contributed by atoms with Crippen molar-refractivity contribution in [2.75, 3.05) is 50.7 Å². The summed E-state index contributed by atoms with van der Waals surface area (Å²) in [6.45, 7) is 3.38. The quantitative estimate of drug-likeness (QED) is 0.324. The number of nitrogens with zero attached hydrogens (tertiary/aromatic N) is 2. The minimum absolute atomic E-state index is 0.0114. The molecule has 0 atom stereocenters. The molecule has 6 N–H and O–H groups in total. The number of nitrogens with two attached hydrogens (primary N) is 2. The zero-order chi connectivity index (χ0) is 26.5. The zero-order valence-corrected chi connectivity index (χ0v) is 21.3. The van der Waals surface area contributed by atoms with Gasteiger partial charge in [-0.1, -0.05) is 54.6 Å². The first-order chi connectivity index (χ1) is 18.0. The minimum Gasteiger partial charge on any atom is -0.355 e. The third-order valence-electron chi connectivity index (χ3n) is 6.24. The number of para-hydroxylation sites is 1. The molecule has 0 saturated heterocycles. The Labute approximate surface area is 218 Å². The van der Waals surface area contributed by atoms with Crippen molar-refractivity contribution in [1.29, 1.82) is 0 Å². The van der Waals surface area contributed by atoms with Gasteiger partial charge in [0.2, 0.25) is 17.7 Å². The van der Waals surface area contributed by atoms with Gasteiger partial charge in [-0.25, -0.2) is 0 Å². The number of nitrogens with one attached hydrogen (secondary N) is 2. The summed E-state index contributed by atoms with van der Waals surface area (Å²) in [7, 11) is 0. The van der Waals surface area contributed by atoms with E-state index in [2.05, 4.69) is 22.8 Å². The van der Waals surface area contributed by atoms with Crippen LogP contribution >= 0.6 is 0 Å². The van der Waals surface area contributed by atoms with E-state index in [1.54, 1.807) is 0 Å². The molecule has 0 bridgehead atoms. The Morgan fingerprint density at radius 3 is 1.95 bits per heavy atom. The standard InChI is InChI=1S/C28H38N6O3/c29-14-16-31-26(35)11-18-33(19-12-27(36)32-17-15-30)20-13-28(37)34-21-24-7-2-1-5-22(24)9-10-23-6-3-4-8-25(23)34/h1-10H,11-21,29-30H2,(H,31,35)(H,32,36)/b10-9-. The Morgan fingerprint density at radius 2 is 1.30 bits per heavy atom. The highest BCUT2D eigenvalue weighted by Gasteiger charge is 2.22. The van der Waals surface area contributed by atoms with Crippen molar-refractivity contribution in [3.8, 4) is 0 Å². The van der Waals surface area contributed by atoms with E-state index in [4.69, 9.17) is 11.5 Å². The minimum atomic E-state index is -0.101. The Kier molecular flexibility index (Phi) is 11.3. The van der Waals surface area contributed by atoms with Crippen LogP contribution in [0.2, 0.25) is 0 Å². The van der Waals surface area contributed by atoms with E-state index in [0.717, 1.165) is 22.4 Å². The first-order valence-electron chi connectivity index (χ1n) is 12.8. The molecule has 3 amide bonds. The van der Waals surface area contributed by atoms with Gasteiger partial charge in [0.25, 0.3) is 0 Å². The van der Waals surface area contributed by atoms with E-state index in [-0.39, 0.29) is 37.0 Å². The van der Waals surface area contributed by atoms with Crippen molar-refractivity contribution in [2.24, 2.45) is 11.5 Å². The lowest BCUT2D eigenvalue weighted by Gasteiger charge is -2.28. The van der Waals surface area contributed by atoms with Crippen LogP contribution in [0, 0.1) is 0 Å². The molecular formula is C28H38N6O3. The van der Waals surface area contributed by atoms with Crippen molar-refractivity contribution < 1.29 is 14.4 Å². The maximum atomic E-state index is 13.6. The van der Waals surface area contributed by atoms with Crippen LogP contribution in [0.3, 0.4) is 0 Å².